The largest absolute Gasteiger partial charge is 0.354 e. The third-order valence-corrected chi connectivity index (χ3v) is 9.94. The maximum Gasteiger partial charge on any atom is 0.264 e. The van der Waals surface area contributed by atoms with E-state index in [4.69, 9.17) is 11.6 Å². The van der Waals surface area contributed by atoms with Crippen LogP contribution in [0.5, 0.6) is 0 Å². The molecule has 0 fully saturated rings. The van der Waals surface area contributed by atoms with Gasteiger partial charge in [-0.15, -0.1) is 0 Å². The molecule has 0 spiro atoms. The highest BCUT2D eigenvalue weighted by atomic mass is 79.9. The van der Waals surface area contributed by atoms with Gasteiger partial charge in [-0.05, 0) is 72.5 Å². The van der Waals surface area contributed by atoms with Gasteiger partial charge < -0.3 is 10.2 Å². The quantitative estimate of drug-likeness (QED) is 0.141. The number of hydrogen-bond donors (Lipinski definition) is 1. The maximum atomic E-state index is 14.5. The SMILES string of the molecule is CCCCNC(=O)[C@@H](Cc1ccccc1)N(Cc1ccc(Br)cc1)C(=O)CN(c1ccc(Cl)cc1C)S(=O)(=O)c1ccccc1. The number of unbranched alkanes of at least 4 members (excludes halogenated alkanes) is 1. The molecule has 10 heteroatoms. The summed E-state index contributed by atoms with van der Waals surface area (Å²) in [5.74, 6) is -0.809. The van der Waals surface area contributed by atoms with Crippen molar-refractivity contribution in [1.29, 1.82) is 0 Å². The maximum absolute atomic E-state index is 14.5. The van der Waals surface area contributed by atoms with E-state index in [9.17, 15) is 18.0 Å². The molecule has 1 atom stereocenters. The van der Waals surface area contributed by atoms with Crippen molar-refractivity contribution in [3.63, 3.8) is 0 Å². The molecule has 4 rings (SSSR count). The molecule has 1 N–H and O–H groups in total. The number of aryl methyl sites for hydroxylation is 1. The van der Waals surface area contributed by atoms with Crippen LogP contribution in [-0.4, -0.2) is 44.3 Å². The van der Waals surface area contributed by atoms with Crippen molar-refractivity contribution in [2.75, 3.05) is 17.4 Å². The van der Waals surface area contributed by atoms with Crippen LogP contribution >= 0.6 is 27.5 Å². The molecule has 0 bridgehead atoms. The first-order valence-corrected chi connectivity index (χ1v) is 17.4. The summed E-state index contributed by atoms with van der Waals surface area (Å²) in [6.07, 6.45) is 1.95. The predicted molar refractivity (Wildman–Crippen MR) is 184 cm³/mol. The van der Waals surface area contributed by atoms with Gasteiger partial charge in [0.15, 0.2) is 0 Å². The molecule has 0 saturated carbocycles. The highest BCUT2D eigenvalue weighted by Crippen LogP contribution is 2.29. The Bertz CT molecular complexity index is 1690. The Morgan fingerprint density at radius 3 is 2.16 bits per heavy atom. The zero-order chi connectivity index (χ0) is 32.4. The van der Waals surface area contributed by atoms with Crippen molar-refractivity contribution in [2.24, 2.45) is 0 Å². The van der Waals surface area contributed by atoms with Gasteiger partial charge in [0.1, 0.15) is 12.6 Å². The first-order valence-electron chi connectivity index (χ1n) is 14.8. The average molecular weight is 711 g/mol. The minimum Gasteiger partial charge on any atom is -0.354 e. The Morgan fingerprint density at radius 2 is 1.53 bits per heavy atom. The first-order chi connectivity index (χ1) is 21.6. The smallest absolute Gasteiger partial charge is 0.264 e. The summed E-state index contributed by atoms with van der Waals surface area (Å²) in [4.78, 5) is 29.9. The van der Waals surface area contributed by atoms with Gasteiger partial charge >= 0.3 is 0 Å². The van der Waals surface area contributed by atoms with Crippen LogP contribution in [-0.2, 0) is 32.6 Å². The number of benzene rings is 4. The lowest BCUT2D eigenvalue weighted by Gasteiger charge is -2.34. The fourth-order valence-electron chi connectivity index (χ4n) is 4.98. The first kappa shape index (κ1) is 34.2. The van der Waals surface area contributed by atoms with Crippen LogP contribution in [0.3, 0.4) is 0 Å². The van der Waals surface area contributed by atoms with Gasteiger partial charge in [0.25, 0.3) is 10.0 Å². The van der Waals surface area contributed by atoms with Crippen LogP contribution in [0.1, 0.15) is 36.5 Å². The van der Waals surface area contributed by atoms with E-state index in [-0.39, 0.29) is 23.8 Å². The average Bonchev–Trinajstić information content (AvgIpc) is 3.03. The van der Waals surface area contributed by atoms with Crippen molar-refractivity contribution in [3.05, 3.63) is 129 Å². The second-order valence-electron chi connectivity index (χ2n) is 10.8. The fourth-order valence-corrected chi connectivity index (χ4v) is 6.97. The summed E-state index contributed by atoms with van der Waals surface area (Å²) in [7, 11) is -4.18. The summed E-state index contributed by atoms with van der Waals surface area (Å²) < 4.78 is 30.2. The molecule has 0 aliphatic carbocycles. The van der Waals surface area contributed by atoms with E-state index in [1.807, 2.05) is 61.5 Å². The molecule has 2 amide bonds. The number of sulfonamides is 1. The number of carbonyl (C=O) groups excluding carboxylic acids is 2. The van der Waals surface area contributed by atoms with E-state index in [1.165, 1.54) is 17.0 Å². The van der Waals surface area contributed by atoms with Crippen molar-refractivity contribution >= 4 is 55.1 Å². The van der Waals surface area contributed by atoms with Crippen LogP contribution in [0.25, 0.3) is 0 Å². The van der Waals surface area contributed by atoms with Gasteiger partial charge in [-0.1, -0.05) is 102 Å². The third-order valence-electron chi connectivity index (χ3n) is 7.40. The Balaban J connectivity index is 1.80. The summed E-state index contributed by atoms with van der Waals surface area (Å²) in [6, 6.07) is 29.0. The second-order valence-corrected chi connectivity index (χ2v) is 14.0. The number of rotatable bonds is 14. The minimum absolute atomic E-state index is 0.0461. The van der Waals surface area contributed by atoms with Gasteiger partial charge in [0, 0.05) is 29.0 Å². The van der Waals surface area contributed by atoms with E-state index < -0.39 is 28.5 Å². The molecule has 4 aromatic rings. The molecule has 0 aromatic heterocycles. The Morgan fingerprint density at radius 1 is 0.889 bits per heavy atom. The zero-order valence-corrected chi connectivity index (χ0v) is 28.5. The number of nitrogens with zero attached hydrogens (tertiary/aromatic N) is 2. The number of hydrogen-bond acceptors (Lipinski definition) is 4. The van der Waals surface area contributed by atoms with Crippen LogP contribution in [0.2, 0.25) is 5.02 Å². The Labute approximate surface area is 279 Å². The van der Waals surface area contributed by atoms with Crippen LogP contribution < -0.4 is 9.62 Å². The van der Waals surface area contributed by atoms with Gasteiger partial charge in [0.05, 0.1) is 10.6 Å². The number of anilines is 1. The third kappa shape index (κ3) is 9.19. The van der Waals surface area contributed by atoms with Gasteiger partial charge in [-0.3, -0.25) is 13.9 Å². The molecular weight excluding hydrogens is 674 g/mol. The van der Waals surface area contributed by atoms with Crippen molar-refractivity contribution < 1.29 is 18.0 Å². The number of amides is 2. The van der Waals surface area contributed by atoms with Crippen LogP contribution in [0.4, 0.5) is 5.69 Å². The highest BCUT2D eigenvalue weighted by molar-refractivity contribution is 9.10. The summed E-state index contributed by atoms with van der Waals surface area (Å²) in [5, 5.41) is 3.45. The molecule has 45 heavy (non-hydrogen) atoms. The molecule has 0 heterocycles. The van der Waals surface area contributed by atoms with Crippen LogP contribution in [0.15, 0.2) is 112 Å². The Hall–Kier alpha value is -3.66. The van der Waals surface area contributed by atoms with Crippen molar-refractivity contribution in [3.8, 4) is 0 Å². The number of carbonyl (C=O) groups is 2. The normalized spacial score (nSPS) is 11.9. The molecule has 4 aromatic carbocycles. The lowest BCUT2D eigenvalue weighted by Crippen LogP contribution is -2.53. The van der Waals surface area contributed by atoms with E-state index in [2.05, 4.69) is 21.2 Å². The summed E-state index contributed by atoms with van der Waals surface area (Å²) in [6.45, 7) is 3.84. The van der Waals surface area contributed by atoms with Gasteiger partial charge in [-0.25, -0.2) is 8.42 Å². The molecule has 0 unspecified atom stereocenters. The molecule has 0 radical (unpaired) electrons. The standard InChI is InChI=1S/C35H37BrClN3O4S/c1-3-4-21-38-35(42)33(23-27-11-7-5-8-12-27)39(24-28-15-17-29(36)18-16-28)34(41)25-40(32-20-19-30(37)22-26(32)2)45(43,44)31-13-9-6-10-14-31/h5-20,22,33H,3-4,21,23-25H2,1-2H3,(H,38,42)/t33-/m1/s1. The highest BCUT2D eigenvalue weighted by Gasteiger charge is 2.35. The molecule has 0 saturated heterocycles. The number of halogens is 2. The lowest BCUT2D eigenvalue weighted by atomic mass is 10.0. The van der Waals surface area contributed by atoms with E-state index >= 15 is 0 Å². The zero-order valence-electron chi connectivity index (χ0n) is 25.3. The molecule has 0 aliphatic heterocycles. The van der Waals surface area contributed by atoms with Gasteiger partial charge in [0.2, 0.25) is 11.8 Å². The molecule has 0 aliphatic rings. The topological polar surface area (TPSA) is 86.8 Å². The van der Waals surface area contributed by atoms with E-state index in [1.54, 1.807) is 43.3 Å². The van der Waals surface area contributed by atoms with Crippen molar-refractivity contribution in [2.45, 2.75) is 50.6 Å². The Kier molecular flexibility index (Phi) is 12.2. The lowest BCUT2D eigenvalue weighted by molar-refractivity contribution is -0.140. The summed E-state index contributed by atoms with van der Waals surface area (Å²) in [5.41, 5.74) is 2.59. The van der Waals surface area contributed by atoms with Gasteiger partial charge in [-0.2, -0.15) is 0 Å². The molecule has 236 valence electrons. The molecule has 7 nitrogen and oxygen atoms in total. The number of nitrogens with one attached hydrogen (secondary N) is 1. The van der Waals surface area contributed by atoms with E-state index in [0.717, 1.165) is 32.7 Å². The second kappa shape index (κ2) is 16.1. The van der Waals surface area contributed by atoms with E-state index in [0.29, 0.717) is 22.8 Å². The van der Waals surface area contributed by atoms with Crippen molar-refractivity contribution in [1.82, 2.24) is 10.2 Å². The fraction of sp³-hybridized carbons (Fsp3) is 0.257. The monoisotopic (exact) mass is 709 g/mol. The predicted octanol–water partition coefficient (Wildman–Crippen LogP) is 7.16. The molecular formula is C35H37BrClN3O4S. The summed E-state index contributed by atoms with van der Waals surface area (Å²) >= 11 is 9.68. The minimum atomic E-state index is -4.18. The van der Waals surface area contributed by atoms with Crippen LogP contribution in [0, 0.1) is 6.92 Å².